The van der Waals surface area contributed by atoms with Crippen molar-refractivity contribution < 1.29 is 0 Å². The molecule has 102 valence electrons. The third-order valence-electron chi connectivity index (χ3n) is 3.67. The molecule has 0 N–H and O–H groups in total. The molecule has 0 aliphatic heterocycles. The van der Waals surface area contributed by atoms with Crippen molar-refractivity contribution >= 4 is 32.4 Å². The smallest absolute Gasteiger partial charge is 0.143 e. The minimum Gasteiger partial charge on any atom is -0.143 e. The van der Waals surface area contributed by atoms with E-state index in [-0.39, 0.29) is 0 Å². The Hall–Kier alpha value is -1.55. The second-order valence-electron chi connectivity index (χ2n) is 5.11. The average molecular weight is 382 g/mol. The fourth-order valence-electron chi connectivity index (χ4n) is 2.73. The Morgan fingerprint density at radius 2 is 1.05 bits per heavy atom. The van der Waals surface area contributed by atoms with Gasteiger partial charge in [-0.15, -0.1) is 22.4 Å². The van der Waals surface area contributed by atoms with E-state index >= 15 is 0 Å². The molecule has 3 rings (SSSR count). The second kappa shape index (κ2) is 6.48. The number of halogens is 1. The summed E-state index contributed by atoms with van der Waals surface area (Å²) in [5, 5.41) is 0. The monoisotopic (exact) mass is 382 g/mol. The fourth-order valence-corrected chi connectivity index (χ4v) is 3.40. The maximum absolute atomic E-state index is 2.51. The van der Waals surface area contributed by atoms with Gasteiger partial charge in [0.05, 0.1) is 0 Å². The molecule has 21 heavy (non-hydrogen) atoms. The lowest BCUT2D eigenvalue weighted by molar-refractivity contribution is 1.61. The largest absolute Gasteiger partial charge is 0.248 e. The summed E-state index contributed by atoms with van der Waals surface area (Å²) in [6.45, 7) is 2.26. The van der Waals surface area contributed by atoms with Crippen LogP contribution in [0.15, 0.2) is 78.9 Å². The molecule has 0 aromatic heterocycles. The quantitative estimate of drug-likeness (QED) is 0.427. The molecule has 0 bridgehead atoms. The summed E-state index contributed by atoms with van der Waals surface area (Å²) in [5.41, 5.74) is 6.65. The van der Waals surface area contributed by atoms with Gasteiger partial charge in [0.15, 0.2) is 0 Å². The Morgan fingerprint density at radius 3 is 1.43 bits per heavy atom. The number of hydrogen-bond acceptors (Lipinski definition) is 0. The first-order chi connectivity index (χ1) is 10.3. The first-order valence-corrected chi connectivity index (χ1v) is 8.40. The zero-order chi connectivity index (χ0) is 14.7. The van der Waals surface area contributed by atoms with Gasteiger partial charge in [-0.3, -0.25) is 0 Å². The van der Waals surface area contributed by atoms with Crippen LogP contribution in [0.1, 0.15) is 0 Å². The number of rotatable bonds is 3. The Kier molecular flexibility index (Phi) is 4.44. The van der Waals surface area contributed by atoms with Gasteiger partial charge < -0.3 is 0 Å². The van der Waals surface area contributed by atoms with Crippen LogP contribution >= 0.6 is 22.4 Å². The highest BCUT2D eigenvalue weighted by molar-refractivity contribution is 14.1. The molecule has 0 fully saturated rings. The molecule has 0 aliphatic carbocycles. The van der Waals surface area contributed by atoms with Crippen molar-refractivity contribution in [2.45, 2.75) is 6.82 Å². The van der Waals surface area contributed by atoms with Gasteiger partial charge in [-0.1, -0.05) is 91.1 Å². The van der Waals surface area contributed by atoms with Gasteiger partial charge in [0.2, 0.25) is 4.57 Å². The van der Waals surface area contributed by atoms with Gasteiger partial charge in [-0.25, -0.2) is 0 Å². The SMILES string of the molecule is CB(I)c1c(-c2ccccc2)cccc1-c1ccccc1. The van der Waals surface area contributed by atoms with E-state index in [1.807, 2.05) is 0 Å². The lowest BCUT2D eigenvalue weighted by atomic mass is 9.66. The lowest BCUT2D eigenvalue weighted by Crippen LogP contribution is -2.24. The topological polar surface area (TPSA) is 0 Å². The van der Waals surface area contributed by atoms with Crippen LogP contribution in [-0.4, -0.2) is 4.57 Å². The van der Waals surface area contributed by atoms with Crippen molar-refractivity contribution in [2.24, 2.45) is 0 Å². The number of hydrogen-bond donors (Lipinski definition) is 0. The Morgan fingerprint density at radius 1 is 0.619 bits per heavy atom. The van der Waals surface area contributed by atoms with E-state index in [1.54, 1.807) is 0 Å². The normalized spacial score (nSPS) is 10.4. The van der Waals surface area contributed by atoms with Gasteiger partial charge >= 0.3 is 0 Å². The number of benzene rings is 3. The van der Waals surface area contributed by atoms with E-state index in [0.717, 1.165) is 0 Å². The molecule has 0 nitrogen and oxygen atoms in total. The van der Waals surface area contributed by atoms with Crippen molar-refractivity contribution in [3.8, 4) is 22.3 Å². The van der Waals surface area contributed by atoms with Crippen molar-refractivity contribution in [1.29, 1.82) is 0 Å². The summed E-state index contributed by atoms with van der Waals surface area (Å²) in [6.07, 6.45) is 0. The maximum Gasteiger partial charge on any atom is 0.248 e. The Balaban J connectivity index is 2.24. The molecule has 0 spiro atoms. The standard InChI is InChI=1S/C19H16BI/c1-20(21)19-17(15-9-4-2-5-10-15)13-8-14-18(19)16-11-6-3-7-12-16/h2-14H,1H3. The third-order valence-corrected chi connectivity index (χ3v) is 4.30. The molecule has 0 saturated carbocycles. The first-order valence-electron chi connectivity index (χ1n) is 7.15. The molecular formula is C19H16BI. The Bertz CT molecular complexity index is 663. The van der Waals surface area contributed by atoms with Gasteiger partial charge in [0.25, 0.3) is 0 Å². The van der Waals surface area contributed by atoms with Crippen LogP contribution in [0.3, 0.4) is 0 Å². The van der Waals surface area contributed by atoms with Crippen molar-refractivity contribution in [2.75, 3.05) is 0 Å². The summed E-state index contributed by atoms with van der Waals surface area (Å²) in [6, 6.07) is 27.9. The van der Waals surface area contributed by atoms with Crippen molar-refractivity contribution in [3.05, 3.63) is 78.9 Å². The van der Waals surface area contributed by atoms with Gasteiger partial charge in [0, 0.05) is 0 Å². The van der Waals surface area contributed by atoms with Crippen LogP contribution in [0.2, 0.25) is 6.82 Å². The van der Waals surface area contributed by atoms with Crippen LogP contribution in [0, 0.1) is 0 Å². The molecule has 2 heteroatoms. The van der Waals surface area contributed by atoms with E-state index in [2.05, 4.69) is 108 Å². The minimum atomic E-state index is 0.453. The van der Waals surface area contributed by atoms with Crippen LogP contribution in [0.4, 0.5) is 0 Å². The van der Waals surface area contributed by atoms with Gasteiger partial charge in [-0.05, 0) is 22.3 Å². The zero-order valence-electron chi connectivity index (χ0n) is 12.0. The van der Waals surface area contributed by atoms with Crippen LogP contribution < -0.4 is 5.46 Å². The highest BCUT2D eigenvalue weighted by atomic mass is 127. The summed E-state index contributed by atoms with van der Waals surface area (Å²) in [4.78, 5) is 0. The maximum atomic E-state index is 2.51. The van der Waals surface area contributed by atoms with E-state index in [4.69, 9.17) is 0 Å². The third kappa shape index (κ3) is 3.05. The summed E-state index contributed by atoms with van der Waals surface area (Å²) >= 11 is 2.51. The van der Waals surface area contributed by atoms with E-state index in [1.165, 1.54) is 27.7 Å². The summed E-state index contributed by atoms with van der Waals surface area (Å²) < 4.78 is 0.453. The van der Waals surface area contributed by atoms with Crippen molar-refractivity contribution in [3.63, 3.8) is 0 Å². The Labute approximate surface area is 140 Å². The molecule has 3 aromatic rings. The van der Waals surface area contributed by atoms with E-state index < -0.39 is 0 Å². The predicted octanol–water partition coefficient (Wildman–Crippen LogP) is 5.28. The zero-order valence-corrected chi connectivity index (χ0v) is 14.1. The summed E-state index contributed by atoms with van der Waals surface area (Å²) in [5.74, 6) is 0. The second-order valence-corrected chi connectivity index (χ2v) is 6.98. The highest BCUT2D eigenvalue weighted by Crippen LogP contribution is 2.26. The molecule has 0 radical (unpaired) electrons. The summed E-state index contributed by atoms with van der Waals surface area (Å²) in [7, 11) is 0. The first kappa shape index (κ1) is 14.4. The molecule has 0 atom stereocenters. The molecule has 0 saturated heterocycles. The highest BCUT2D eigenvalue weighted by Gasteiger charge is 2.17. The molecule has 0 heterocycles. The fraction of sp³-hybridized carbons (Fsp3) is 0.0526. The van der Waals surface area contributed by atoms with Crippen LogP contribution in [0.5, 0.6) is 0 Å². The van der Waals surface area contributed by atoms with Gasteiger partial charge in [0.1, 0.15) is 0 Å². The van der Waals surface area contributed by atoms with Crippen molar-refractivity contribution in [1.82, 2.24) is 0 Å². The van der Waals surface area contributed by atoms with Crippen LogP contribution in [-0.2, 0) is 0 Å². The predicted molar refractivity (Wildman–Crippen MR) is 103 cm³/mol. The van der Waals surface area contributed by atoms with E-state index in [0.29, 0.717) is 4.57 Å². The molecule has 0 amide bonds. The minimum absolute atomic E-state index is 0.453. The lowest BCUT2D eigenvalue weighted by Gasteiger charge is -2.16. The van der Waals surface area contributed by atoms with E-state index in [9.17, 15) is 0 Å². The van der Waals surface area contributed by atoms with Crippen LogP contribution in [0.25, 0.3) is 22.3 Å². The molecule has 0 aliphatic rings. The molecule has 0 unspecified atom stereocenters. The molecule has 3 aromatic carbocycles. The molecular weight excluding hydrogens is 366 g/mol. The average Bonchev–Trinajstić information content (AvgIpc) is 2.55. The van der Waals surface area contributed by atoms with Gasteiger partial charge in [-0.2, -0.15) is 0 Å².